The molecule has 2 atom stereocenters. The number of hydrogen-bond acceptors (Lipinski definition) is 1. The third-order valence-corrected chi connectivity index (χ3v) is 5.26. The Bertz CT molecular complexity index is 391. The van der Waals surface area contributed by atoms with E-state index >= 15 is 0 Å². The molecule has 1 heteroatoms. The molecule has 4 bridgehead atoms. The number of ether oxygens (including phenoxy) is 1. The number of rotatable bonds is 3. The Balaban J connectivity index is 1.47. The normalized spacial score (nSPS) is 42.2. The summed E-state index contributed by atoms with van der Waals surface area (Å²) in [5.41, 5.74) is 1.59. The van der Waals surface area contributed by atoms with Crippen molar-refractivity contribution in [1.29, 1.82) is 0 Å². The van der Waals surface area contributed by atoms with Crippen molar-refractivity contribution in [3.05, 3.63) is 35.9 Å². The van der Waals surface area contributed by atoms with E-state index in [0.717, 1.165) is 24.4 Å². The van der Waals surface area contributed by atoms with Crippen molar-refractivity contribution in [2.75, 3.05) is 0 Å². The van der Waals surface area contributed by atoms with Crippen LogP contribution in [0.5, 0.6) is 0 Å². The lowest BCUT2D eigenvalue weighted by Crippen LogP contribution is -2.36. The maximum Gasteiger partial charge on any atom is 0.0724 e. The summed E-state index contributed by atoms with van der Waals surface area (Å²) in [5, 5.41) is 0. The first-order valence-electron chi connectivity index (χ1n) is 7.01. The summed E-state index contributed by atoms with van der Waals surface area (Å²) in [6.07, 6.45) is 7.04. The van der Waals surface area contributed by atoms with Crippen molar-refractivity contribution in [1.82, 2.24) is 0 Å². The van der Waals surface area contributed by atoms with Gasteiger partial charge in [0.05, 0.1) is 12.2 Å². The first-order chi connectivity index (χ1) is 8.33. The highest BCUT2D eigenvalue weighted by Crippen LogP contribution is 2.61. The SMILES string of the molecule is c1ccc(COC23CC4CC(C2)C(C4)C3)cc1. The molecule has 5 rings (SSSR count). The zero-order valence-corrected chi connectivity index (χ0v) is 10.3. The zero-order valence-electron chi connectivity index (χ0n) is 10.3. The van der Waals surface area contributed by atoms with Crippen molar-refractivity contribution in [3.63, 3.8) is 0 Å². The van der Waals surface area contributed by atoms with Gasteiger partial charge in [-0.25, -0.2) is 0 Å². The molecule has 2 unspecified atom stereocenters. The van der Waals surface area contributed by atoms with E-state index < -0.39 is 0 Å². The molecule has 0 aliphatic heterocycles. The lowest BCUT2D eigenvalue weighted by Gasteiger charge is -2.38. The maximum absolute atomic E-state index is 6.35. The first-order valence-corrected chi connectivity index (χ1v) is 7.01. The average Bonchev–Trinajstić information content (AvgIpc) is 2.76. The number of hydrogen-bond donors (Lipinski definition) is 0. The van der Waals surface area contributed by atoms with Gasteiger partial charge in [0.25, 0.3) is 0 Å². The van der Waals surface area contributed by atoms with E-state index in [1.165, 1.54) is 37.7 Å². The van der Waals surface area contributed by atoms with E-state index in [2.05, 4.69) is 30.3 Å². The van der Waals surface area contributed by atoms with Gasteiger partial charge in [-0.15, -0.1) is 0 Å². The fourth-order valence-electron chi connectivity index (χ4n) is 4.72. The van der Waals surface area contributed by atoms with E-state index in [1.54, 1.807) is 0 Å². The Morgan fingerprint density at radius 1 is 1.00 bits per heavy atom. The predicted molar refractivity (Wildman–Crippen MR) is 67.5 cm³/mol. The highest BCUT2D eigenvalue weighted by molar-refractivity contribution is 5.14. The Labute approximate surface area is 103 Å². The molecule has 4 fully saturated rings. The van der Waals surface area contributed by atoms with Crippen LogP contribution < -0.4 is 0 Å². The molecule has 0 saturated heterocycles. The van der Waals surface area contributed by atoms with Gasteiger partial charge in [0.15, 0.2) is 0 Å². The summed E-state index contributed by atoms with van der Waals surface area (Å²) in [6.45, 7) is 0.813. The second kappa shape index (κ2) is 3.58. The molecular formula is C16H20O. The van der Waals surface area contributed by atoms with Crippen LogP contribution in [0.15, 0.2) is 30.3 Å². The maximum atomic E-state index is 6.35. The van der Waals surface area contributed by atoms with Gasteiger partial charge in [0.2, 0.25) is 0 Å². The van der Waals surface area contributed by atoms with Gasteiger partial charge in [0.1, 0.15) is 0 Å². The van der Waals surface area contributed by atoms with E-state index in [0.29, 0.717) is 0 Å². The molecule has 0 spiro atoms. The van der Waals surface area contributed by atoms with E-state index in [-0.39, 0.29) is 5.60 Å². The molecule has 4 aliphatic rings. The monoisotopic (exact) mass is 228 g/mol. The first kappa shape index (κ1) is 10.1. The highest BCUT2D eigenvalue weighted by Gasteiger charge is 2.56. The molecule has 0 aromatic heterocycles. The summed E-state index contributed by atoms with van der Waals surface area (Å²) >= 11 is 0. The Morgan fingerprint density at radius 2 is 1.71 bits per heavy atom. The highest BCUT2D eigenvalue weighted by atomic mass is 16.5. The lowest BCUT2D eigenvalue weighted by molar-refractivity contribution is -0.0891. The van der Waals surface area contributed by atoms with Crippen LogP contribution in [0.25, 0.3) is 0 Å². The van der Waals surface area contributed by atoms with Crippen LogP contribution in [0, 0.1) is 17.8 Å². The molecular weight excluding hydrogens is 208 g/mol. The van der Waals surface area contributed by atoms with Gasteiger partial charge in [0, 0.05) is 0 Å². The molecule has 90 valence electrons. The minimum absolute atomic E-state index is 0.270. The lowest BCUT2D eigenvalue weighted by atomic mass is 9.78. The Morgan fingerprint density at radius 3 is 2.35 bits per heavy atom. The van der Waals surface area contributed by atoms with E-state index in [1.807, 2.05) is 0 Å². The summed E-state index contributed by atoms with van der Waals surface area (Å²) in [5.74, 6) is 3.00. The molecule has 1 nitrogen and oxygen atoms in total. The number of benzene rings is 1. The average molecular weight is 228 g/mol. The molecule has 0 amide bonds. The van der Waals surface area contributed by atoms with Gasteiger partial charge >= 0.3 is 0 Å². The third kappa shape index (κ3) is 1.63. The molecule has 0 N–H and O–H groups in total. The van der Waals surface area contributed by atoms with Crippen molar-refractivity contribution < 1.29 is 4.74 Å². The Kier molecular flexibility index (Phi) is 2.14. The van der Waals surface area contributed by atoms with Crippen molar-refractivity contribution >= 4 is 0 Å². The van der Waals surface area contributed by atoms with Crippen molar-refractivity contribution in [2.45, 2.75) is 44.3 Å². The van der Waals surface area contributed by atoms with Crippen LogP contribution in [0.3, 0.4) is 0 Å². The minimum atomic E-state index is 0.270. The van der Waals surface area contributed by atoms with Gasteiger partial charge in [-0.05, 0) is 55.4 Å². The van der Waals surface area contributed by atoms with Gasteiger partial charge in [-0.3, -0.25) is 0 Å². The second-order valence-corrected chi connectivity index (χ2v) is 6.43. The molecule has 17 heavy (non-hydrogen) atoms. The smallest absolute Gasteiger partial charge is 0.0724 e. The molecule has 1 aromatic carbocycles. The predicted octanol–water partition coefficient (Wildman–Crippen LogP) is 3.78. The molecule has 4 saturated carbocycles. The summed E-state index contributed by atoms with van der Waals surface area (Å²) in [4.78, 5) is 0. The van der Waals surface area contributed by atoms with Crippen LogP contribution in [-0.2, 0) is 11.3 Å². The molecule has 0 heterocycles. The fraction of sp³-hybridized carbons (Fsp3) is 0.625. The minimum Gasteiger partial charge on any atom is -0.370 e. The standard InChI is InChI=1S/C16H20O/c1-2-4-12(5-3-1)11-17-16-8-13-6-14(9-16)15(7-13)10-16/h1-5,13-15H,6-11H2. The van der Waals surface area contributed by atoms with Gasteiger partial charge in [-0.2, -0.15) is 0 Å². The van der Waals surface area contributed by atoms with Gasteiger partial charge in [-0.1, -0.05) is 30.3 Å². The zero-order chi connectivity index (χ0) is 11.3. The van der Waals surface area contributed by atoms with E-state index in [4.69, 9.17) is 4.74 Å². The van der Waals surface area contributed by atoms with Gasteiger partial charge < -0.3 is 4.74 Å². The van der Waals surface area contributed by atoms with Crippen LogP contribution in [0.4, 0.5) is 0 Å². The largest absolute Gasteiger partial charge is 0.370 e. The van der Waals surface area contributed by atoms with Crippen LogP contribution in [0.2, 0.25) is 0 Å². The van der Waals surface area contributed by atoms with Crippen LogP contribution in [-0.4, -0.2) is 5.60 Å². The summed E-state index contributed by atoms with van der Waals surface area (Å²) in [7, 11) is 0. The summed E-state index contributed by atoms with van der Waals surface area (Å²) in [6, 6.07) is 10.6. The van der Waals surface area contributed by atoms with Crippen LogP contribution >= 0.6 is 0 Å². The Hall–Kier alpha value is -0.820. The molecule has 1 aromatic rings. The molecule has 4 aliphatic carbocycles. The summed E-state index contributed by atoms with van der Waals surface area (Å²) < 4.78 is 6.35. The van der Waals surface area contributed by atoms with Crippen molar-refractivity contribution in [2.24, 2.45) is 17.8 Å². The third-order valence-electron chi connectivity index (χ3n) is 5.26. The topological polar surface area (TPSA) is 9.23 Å². The molecule has 0 radical (unpaired) electrons. The van der Waals surface area contributed by atoms with Crippen LogP contribution in [0.1, 0.15) is 37.7 Å². The van der Waals surface area contributed by atoms with E-state index in [9.17, 15) is 0 Å². The quantitative estimate of drug-likeness (QED) is 0.765. The van der Waals surface area contributed by atoms with Crippen molar-refractivity contribution in [3.8, 4) is 0 Å². The fourth-order valence-corrected chi connectivity index (χ4v) is 4.72. The second-order valence-electron chi connectivity index (χ2n) is 6.43.